The summed E-state index contributed by atoms with van der Waals surface area (Å²) >= 11 is 6.13. The molecular weight excluding hydrogens is 544 g/mol. The van der Waals surface area contributed by atoms with Gasteiger partial charge in [-0.05, 0) is 48.7 Å². The standard InChI is InChI=1S/C27H29ClN4O6S/c1-27(9-10-27)18-38-24-23(16-29-32(25(24)33)22-4-2-3-21(28)15-22)30-11-13-31(14-12-30)39(36,37)17-19-5-7-20(8-6-19)26(34)35/h2-8,15-16H,9-14,17-18H2,1H3,(H,34,35). The third kappa shape index (κ3) is 6.10. The molecule has 2 fully saturated rings. The molecule has 0 amide bonds. The van der Waals surface area contributed by atoms with Crippen molar-refractivity contribution in [1.29, 1.82) is 0 Å². The lowest BCUT2D eigenvalue weighted by Gasteiger charge is -2.35. The minimum atomic E-state index is -3.63. The molecule has 2 aliphatic rings. The molecule has 39 heavy (non-hydrogen) atoms. The van der Waals surface area contributed by atoms with Gasteiger partial charge in [-0.3, -0.25) is 4.79 Å². The van der Waals surface area contributed by atoms with Crippen LogP contribution < -0.4 is 15.2 Å². The van der Waals surface area contributed by atoms with E-state index in [0.717, 1.165) is 12.8 Å². The van der Waals surface area contributed by atoms with E-state index < -0.39 is 21.6 Å². The van der Waals surface area contributed by atoms with Crippen LogP contribution in [0.4, 0.5) is 5.69 Å². The summed E-state index contributed by atoms with van der Waals surface area (Å²) < 4.78 is 34.9. The van der Waals surface area contributed by atoms with Crippen LogP contribution in [0.2, 0.25) is 5.02 Å². The number of aromatic nitrogens is 2. The quantitative estimate of drug-likeness (QED) is 0.414. The van der Waals surface area contributed by atoms with Gasteiger partial charge in [-0.1, -0.05) is 36.7 Å². The Morgan fingerprint density at radius 3 is 2.41 bits per heavy atom. The summed E-state index contributed by atoms with van der Waals surface area (Å²) in [4.78, 5) is 26.5. The molecule has 5 rings (SSSR count). The van der Waals surface area contributed by atoms with Crippen molar-refractivity contribution in [2.45, 2.75) is 25.5 Å². The Morgan fingerprint density at radius 1 is 1.10 bits per heavy atom. The topological polar surface area (TPSA) is 122 Å². The summed E-state index contributed by atoms with van der Waals surface area (Å²) in [7, 11) is -3.63. The monoisotopic (exact) mass is 572 g/mol. The molecule has 10 nitrogen and oxygen atoms in total. The van der Waals surface area contributed by atoms with E-state index in [-0.39, 0.29) is 35.6 Å². The molecule has 1 N–H and O–H groups in total. The Kier molecular flexibility index (Phi) is 7.41. The van der Waals surface area contributed by atoms with Gasteiger partial charge in [0.1, 0.15) is 5.69 Å². The molecule has 0 radical (unpaired) electrons. The van der Waals surface area contributed by atoms with Crippen LogP contribution in [0.25, 0.3) is 5.69 Å². The van der Waals surface area contributed by atoms with E-state index in [1.54, 1.807) is 30.5 Å². The predicted molar refractivity (Wildman–Crippen MR) is 147 cm³/mol. The van der Waals surface area contributed by atoms with Gasteiger partial charge in [-0.2, -0.15) is 14.1 Å². The number of ether oxygens (including phenoxy) is 1. The molecule has 1 saturated heterocycles. The number of carboxylic acids is 1. The molecule has 1 saturated carbocycles. The van der Waals surface area contributed by atoms with Crippen LogP contribution in [0.15, 0.2) is 59.5 Å². The van der Waals surface area contributed by atoms with Gasteiger partial charge < -0.3 is 14.7 Å². The maximum Gasteiger partial charge on any atom is 0.335 e. The zero-order valence-corrected chi connectivity index (χ0v) is 23.0. The van der Waals surface area contributed by atoms with Crippen LogP contribution in [0, 0.1) is 5.41 Å². The molecule has 1 aliphatic heterocycles. The van der Waals surface area contributed by atoms with Crippen molar-refractivity contribution in [3.05, 3.63) is 81.2 Å². The lowest BCUT2D eigenvalue weighted by atomic mass is 10.1. The zero-order chi connectivity index (χ0) is 27.8. The van der Waals surface area contributed by atoms with Crippen molar-refractivity contribution in [2.24, 2.45) is 5.41 Å². The Morgan fingerprint density at radius 2 is 1.79 bits per heavy atom. The van der Waals surface area contributed by atoms with Crippen molar-refractivity contribution in [3.8, 4) is 11.4 Å². The number of carbonyl (C=O) groups is 1. The van der Waals surface area contributed by atoms with Crippen LogP contribution >= 0.6 is 11.6 Å². The highest BCUT2D eigenvalue weighted by molar-refractivity contribution is 7.88. The number of hydrogen-bond acceptors (Lipinski definition) is 7. The van der Waals surface area contributed by atoms with Crippen molar-refractivity contribution in [3.63, 3.8) is 0 Å². The van der Waals surface area contributed by atoms with E-state index >= 15 is 0 Å². The second-order valence-electron chi connectivity index (χ2n) is 10.3. The smallest absolute Gasteiger partial charge is 0.335 e. The molecule has 1 aliphatic carbocycles. The van der Waals surface area contributed by atoms with Gasteiger partial charge in [0, 0.05) is 36.6 Å². The molecular formula is C27H29ClN4O6S. The van der Waals surface area contributed by atoms with E-state index in [0.29, 0.717) is 41.7 Å². The Labute approximate surface area is 231 Å². The molecule has 0 spiro atoms. The lowest BCUT2D eigenvalue weighted by molar-refractivity contribution is 0.0697. The van der Waals surface area contributed by atoms with Gasteiger partial charge in [0.05, 0.1) is 29.8 Å². The van der Waals surface area contributed by atoms with Crippen LogP contribution in [0.3, 0.4) is 0 Å². The van der Waals surface area contributed by atoms with Gasteiger partial charge >= 0.3 is 11.5 Å². The van der Waals surface area contributed by atoms with E-state index in [4.69, 9.17) is 21.4 Å². The van der Waals surface area contributed by atoms with Crippen molar-refractivity contribution in [1.82, 2.24) is 14.1 Å². The lowest BCUT2D eigenvalue weighted by Crippen LogP contribution is -2.49. The fourth-order valence-corrected chi connectivity index (χ4v) is 6.14. The van der Waals surface area contributed by atoms with Crippen molar-refractivity contribution < 1.29 is 23.1 Å². The first-order valence-electron chi connectivity index (χ1n) is 12.6. The van der Waals surface area contributed by atoms with Crippen LogP contribution in [0.5, 0.6) is 5.75 Å². The minimum Gasteiger partial charge on any atom is -0.486 e. The second-order valence-corrected chi connectivity index (χ2v) is 12.7. The fourth-order valence-electron chi connectivity index (χ4n) is 4.44. The highest BCUT2D eigenvalue weighted by atomic mass is 35.5. The third-order valence-corrected chi connectivity index (χ3v) is 9.24. The Hall–Kier alpha value is -3.41. The van der Waals surface area contributed by atoms with Gasteiger partial charge in [0.15, 0.2) is 0 Å². The molecule has 0 bridgehead atoms. The first-order valence-corrected chi connectivity index (χ1v) is 14.6. The SMILES string of the molecule is CC1(COc2c(N3CCN(S(=O)(=O)Cc4ccc(C(=O)O)cc4)CC3)cnn(-c3cccc(Cl)c3)c2=O)CC1. The highest BCUT2D eigenvalue weighted by Crippen LogP contribution is 2.45. The first kappa shape index (κ1) is 27.2. The maximum absolute atomic E-state index is 13.5. The summed E-state index contributed by atoms with van der Waals surface area (Å²) in [6, 6.07) is 12.7. The number of hydrogen-bond donors (Lipinski definition) is 1. The molecule has 0 atom stereocenters. The number of carboxylic acid groups (broad SMARTS) is 1. The number of benzene rings is 2. The fraction of sp³-hybridized carbons (Fsp3) is 0.370. The van der Waals surface area contributed by atoms with Crippen molar-refractivity contribution in [2.75, 3.05) is 37.7 Å². The number of sulfonamides is 1. The number of anilines is 1. The van der Waals surface area contributed by atoms with E-state index in [1.807, 2.05) is 4.90 Å². The number of rotatable bonds is 9. The molecule has 2 aromatic carbocycles. The molecule has 0 unspecified atom stereocenters. The number of piperazine rings is 1. The normalized spacial score (nSPS) is 17.1. The predicted octanol–water partition coefficient (Wildman–Crippen LogP) is 3.42. The van der Waals surface area contributed by atoms with E-state index in [2.05, 4.69) is 12.0 Å². The number of aromatic carboxylic acids is 1. The van der Waals surface area contributed by atoms with Crippen LogP contribution in [-0.2, 0) is 15.8 Å². The maximum atomic E-state index is 13.5. The van der Waals surface area contributed by atoms with E-state index in [1.165, 1.54) is 33.3 Å². The first-order chi connectivity index (χ1) is 18.5. The summed E-state index contributed by atoms with van der Waals surface area (Å²) in [6.07, 6.45) is 3.65. The Balaban J connectivity index is 1.34. The Bertz CT molecular complexity index is 1550. The van der Waals surface area contributed by atoms with Gasteiger partial charge in [0.25, 0.3) is 0 Å². The summed E-state index contributed by atoms with van der Waals surface area (Å²) in [5.41, 5.74) is 1.31. The second kappa shape index (κ2) is 10.6. The van der Waals surface area contributed by atoms with Crippen LogP contribution in [-0.4, -0.2) is 66.4 Å². The van der Waals surface area contributed by atoms with Crippen LogP contribution in [0.1, 0.15) is 35.7 Å². The highest BCUT2D eigenvalue weighted by Gasteiger charge is 2.39. The summed E-state index contributed by atoms with van der Waals surface area (Å²) in [6.45, 7) is 3.68. The molecule has 3 aromatic rings. The summed E-state index contributed by atoms with van der Waals surface area (Å²) in [5, 5.41) is 13.9. The van der Waals surface area contributed by atoms with Gasteiger partial charge in [-0.25, -0.2) is 13.2 Å². The van der Waals surface area contributed by atoms with Gasteiger partial charge in [0.2, 0.25) is 15.8 Å². The zero-order valence-electron chi connectivity index (χ0n) is 21.4. The summed E-state index contributed by atoms with van der Waals surface area (Å²) in [5.74, 6) is -1.10. The molecule has 206 valence electrons. The van der Waals surface area contributed by atoms with Gasteiger partial charge in [-0.15, -0.1) is 0 Å². The minimum absolute atomic E-state index is 0.0449. The molecule has 2 heterocycles. The largest absolute Gasteiger partial charge is 0.486 e. The molecule has 12 heteroatoms. The average molecular weight is 573 g/mol. The van der Waals surface area contributed by atoms with Crippen molar-refractivity contribution >= 4 is 33.3 Å². The number of halogens is 1. The van der Waals surface area contributed by atoms with E-state index in [9.17, 15) is 18.0 Å². The molecule has 1 aromatic heterocycles. The average Bonchev–Trinajstić information content (AvgIpc) is 3.65. The third-order valence-electron chi connectivity index (χ3n) is 7.16. The number of nitrogens with zero attached hydrogens (tertiary/aromatic N) is 4.